The third-order valence-electron chi connectivity index (χ3n) is 5.16. The number of aryl methyl sites for hydroxylation is 1. The Kier molecular flexibility index (Phi) is 3.63. The lowest BCUT2D eigenvalue weighted by atomic mass is 10.0. The highest BCUT2D eigenvalue weighted by atomic mass is 16.2. The van der Waals surface area contributed by atoms with Crippen molar-refractivity contribution in [2.75, 3.05) is 31.1 Å². The van der Waals surface area contributed by atoms with Gasteiger partial charge in [-0.15, -0.1) is 0 Å². The van der Waals surface area contributed by atoms with E-state index in [0.717, 1.165) is 43.3 Å². The Balaban J connectivity index is 1.45. The van der Waals surface area contributed by atoms with Gasteiger partial charge in [0.1, 0.15) is 17.8 Å². The maximum absolute atomic E-state index is 12.5. The summed E-state index contributed by atoms with van der Waals surface area (Å²) in [4.78, 5) is 33.6. The second-order valence-corrected chi connectivity index (χ2v) is 6.63. The monoisotopic (exact) mass is 324 g/mol. The summed E-state index contributed by atoms with van der Waals surface area (Å²) in [7, 11) is 0. The van der Waals surface area contributed by atoms with E-state index in [9.17, 15) is 4.79 Å². The van der Waals surface area contributed by atoms with Crippen LogP contribution in [-0.4, -0.2) is 56.9 Å². The van der Waals surface area contributed by atoms with Crippen molar-refractivity contribution in [3.8, 4) is 0 Å². The standard InChI is InChI=1S/C17H20N6O/c1-11-12(2)20-10-21-16(11)22-6-13-8-23(9-14(13)7-22)17(24)15-5-18-3-4-19-15/h3-5,10,13-14H,6-9H2,1-2H3. The van der Waals surface area contributed by atoms with Gasteiger partial charge in [-0.25, -0.2) is 15.0 Å². The minimum atomic E-state index is -0.0156. The van der Waals surface area contributed by atoms with Gasteiger partial charge in [-0.1, -0.05) is 0 Å². The molecule has 0 aliphatic carbocycles. The average molecular weight is 324 g/mol. The third kappa shape index (κ3) is 2.50. The van der Waals surface area contributed by atoms with E-state index < -0.39 is 0 Å². The van der Waals surface area contributed by atoms with Gasteiger partial charge in [0.05, 0.1) is 6.20 Å². The molecule has 4 rings (SSSR count). The van der Waals surface area contributed by atoms with Gasteiger partial charge < -0.3 is 9.80 Å². The number of nitrogens with zero attached hydrogens (tertiary/aromatic N) is 6. The van der Waals surface area contributed by atoms with Crippen LogP contribution in [0.15, 0.2) is 24.9 Å². The number of rotatable bonds is 2. The van der Waals surface area contributed by atoms with Crippen molar-refractivity contribution in [3.05, 3.63) is 41.9 Å². The van der Waals surface area contributed by atoms with Gasteiger partial charge in [-0.2, -0.15) is 0 Å². The van der Waals surface area contributed by atoms with Crippen molar-refractivity contribution in [2.24, 2.45) is 11.8 Å². The van der Waals surface area contributed by atoms with E-state index in [1.165, 1.54) is 6.20 Å². The van der Waals surface area contributed by atoms with E-state index in [1.807, 2.05) is 11.8 Å². The molecule has 0 radical (unpaired) electrons. The van der Waals surface area contributed by atoms with Gasteiger partial charge >= 0.3 is 0 Å². The van der Waals surface area contributed by atoms with Crippen LogP contribution < -0.4 is 4.90 Å². The van der Waals surface area contributed by atoms with Crippen LogP contribution in [0.5, 0.6) is 0 Å². The fourth-order valence-corrected chi connectivity index (χ4v) is 3.75. The fraction of sp³-hybridized carbons (Fsp3) is 0.471. The van der Waals surface area contributed by atoms with Crippen LogP contribution in [0, 0.1) is 25.7 Å². The summed E-state index contributed by atoms with van der Waals surface area (Å²) in [5.41, 5.74) is 2.60. The van der Waals surface area contributed by atoms with Crippen molar-refractivity contribution in [1.29, 1.82) is 0 Å². The molecule has 2 aliphatic heterocycles. The van der Waals surface area contributed by atoms with E-state index >= 15 is 0 Å². The minimum Gasteiger partial charge on any atom is -0.356 e. The summed E-state index contributed by atoms with van der Waals surface area (Å²) in [5, 5.41) is 0. The first-order valence-corrected chi connectivity index (χ1v) is 8.22. The molecule has 124 valence electrons. The van der Waals surface area contributed by atoms with E-state index in [4.69, 9.17) is 0 Å². The molecule has 2 unspecified atom stereocenters. The number of aromatic nitrogens is 4. The lowest BCUT2D eigenvalue weighted by Gasteiger charge is -2.23. The zero-order chi connectivity index (χ0) is 16.7. The molecule has 2 atom stereocenters. The zero-order valence-corrected chi connectivity index (χ0v) is 13.9. The third-order valence-corrected chi connectivity index (χ3v) is 5.16. The number of hydrogen-bond donors (Lipinski definition) is 0. The molecule has 0 saturated carbocycles. The smallest absolute Gasteiger partial charge is 0.274 e. The quantitative estimate of drug-likeness (QED) is 0.823. The van der Waals surface area contributed by atoms with Crippen molar-refractivity contribution < 1.29 is 4.79 Å². The summed E-state index contributed by atoms with van der Waals surface area (Å²) in [6.07, 6.45) is 6.32. The van der Waals surface area contributed by atoms with Crippen LogP contribution in [0.25, 0.3) is 0 Å². The highest BCUT2D eigenvalue weighted by Gasteiger charge is 2.42. The topological polar surface area (TPSA) is 75.1 Å². The zero-order valence-electron chi connectivity index (χ0n) is 13.9. The lowest BCUT2D eigenvalue weighted by molar-refractivity contribution is 0.0776. The highest BCUT2D eigenvalue weighted by molar-refractivity contribution is 5.92. The first-order valence-electron chi connectivity index (χ1n) is 8.22. The summed E-state index contributed by atoms with van der Waals surface area (Å²) in [6, 6.07) is 0. The van der Waals surface area contributed by atoms with Crippen molar-refractivity contribution >= 4 is 11.7 Å². The Morgan fingerprint density at radius 3 is 2.46 bits per heavy atom. The predicted molar refractivity (Wildman–Crippen MR) is 88.6 cm³/mol. The summed E-state index contributed by atoms with van der Waals surface area (Å²) in [6.45, 7) is 7.51. The number of anilines is 1. The van der Waals surface area contributed by atoms with Gasteiger partial charge in [-0.3, -0.25) is 9.78 Å². The molecule has 0 spiro atoms. The number of amides is 1. The number of fused-ring (bicyclic) bond motifs is 1. The minimum absolute atomic E-state index is 0.0156. The molecule has 2 aromatic rings. The molecule has 7 heteroatoms. The highest BCUT2D eigenvalue weighted by Crippen LogP contribution is 2.34. The molecular weight excluding hydrogens is 304 g/mol. The molecule has 2 aliphatic rings. The SMILES string of the molecule is Cc1ncnc(N2CC3CN(C(=O)c4cnccn4)CC3C2)c1C. The van der Waals surface area contributed by atoms with Gasteiger partial charge in [0, 0.05) is 61.7 Å². The van der Waals surface area contributed by atoms with Crippen LogP contribution in [0.4, 0.5) is 5.82 Å². The molecule has 2 saturated heterocycles. The molecule has 24 heavy (non-hydrogen) atoms. The van der Waals surface area contributed by atoms with E-state index in [-0.39, 0.29) is 5.91 Å². The predicted octanol–water partition coefficient (Wildman–Crippen LogP) is 1.09. The molecule has 2 fully saturated rings. The summed E-state index contributed by atoms with van der Waals surface area (Å²) < 4.78 is 0. The Morgan fingerprint density at radius 1 is 1.04 bits per heavy atom. The van der Waals surface area contributed by atoms with Crippen LogP contribution in [0.2, 0.25) is 0 Å². The van der Waals surface area contributed by atoms with Gasteiger partial charge in [0.2, 0.25) is 0 Å². The van der Waals surface area contributed by atoms with Gasteiger partial charge in [0.15, 0.2) is 0 Å². The average Bonchev–Trinajstić information content (AvgIpc) is 3.16. The largest absolute Gasteiger partial charge is 0.356 e. The van der Waals surface area contributed by atoms with Gasteiger partial charge in [0.25, 0.3) is 5.91 Å². The Hall–Kier alpha value is -2.57. The number of likely N-dealkylation sites (tertiary alicyclic amines) is 1. The second kappa shape index (κ2) is 5.81. The van der Waals surface area contributed by atoms with E-state index in [1.54, 1.807) is 18.7 Å². The summed E-state index contributed by atoms with van der Waals surface area (Å²) in [5.74, 6) is 1.99. The molecule has 7 nitrogen and oxygen atoms in total. The molecular formula is C17H20N6O. The molecule has 2 aromatic heterocycles. The van der Waals surface area contributed by atoms with Crippen LogP contribution in [0.1, 0.15) is 21.7 Å². The fourth-order valence-electron chi connectivity index (χ4n) is 3.75. The van der Waals surface area contributed by atoms with Gasteiger partial charge in [-0.05, 0) is 13.8 Å². The van der Waals surface area contributed by atoms with Crippen molar-refractivity contribution in [3.63, 3.8) is 0 Å². The Labute approximate surface area is 140 Å². The van der Waals surface area contributed by atoms with Crippen molar-refractivity contribution in [2.45, 2.75) is 13.8 Å². The van der Waals surface area contributed by atoms with Crippen LogP contribution in [-0.2, 0) is 0 Å². The maximum Gasteiger partial charge on any atom is 0.274 e. The Bertz CT molecular complexity index is 751. The number of hydrogen-bond acceptors (Lipinski definition) is 6. The van der Waals surface area contributed by atoms with Crippen LogP contribution >= 0.6 is 0 Å². The first-order chi connectivity index (χ1) is 11.6. The summed E-state index contributed by atoms with van der Waals surface area (Å²) >= 11 is 0. The lowest BCUT2D eigenvalue weighted by Crippen LogP contribution is -2.34. The van der Waals surface area contributed by atoms with E-state index in [2.05, 4.69) is 31.8 Å². The number of carbonyl (C=O) groups excluding carboxylic acids is 1. The Morgan fingerprint density at radius 2 is 1.79 bits per heavy atom. The molecule has 4 heterocycles. The van der Waals surface area contributed by atoms with Crippen molar-refractivity contribution in [1.82, 2.24) is 24.8 Å². The molecule has 0 aromatic carbocycles. The first kappa shape index (κ1) is 15.0. The molecule has 0 N–H and O–H groups in total. The van der Waals surface area contributed by atoms with Crippen LogP contribution in [0.3, 0.4) is 0 Å². The molecule has 1 amide bonds. The second-order valence-electron chi connectivity index (χ2n) is 6.63. The maximum atomic E-state index is 12.5. The van der Waals surface area contributed by atoms with E-state index in [0.29, 0.717) is 17.5 Å². The molecule has 0 bridgehead atoms. The normalized spacial score (nSPS) is 22.8. The number of carbonyl (C=O) groups is 1.